The summed E-state index contributed by atoms with van der Waals surface area (Å²) < 4.78 is 4.89. The Balaban J connectivity index is 1.91. The van der Waals surface area contributed by atoms with Gasteiger partial charge in [0.2, 0.25) is 0 Å². The molecule has 1 aliphatic heterocycles. The van der Waals surface area contributed by atoms with Gasteiger partial charge in [0.15, 0.2) is 0 Å². The van der Waals surface area contributed by atoms with E-state index in [2.05, 4.69) is 17.4 Å². The summed E-state index contributed by atoms with van der Waals surface area (Å²) in [5.74, 6) is -0.279. The Morgan fingerprint density at radius 2 is 1.88 bits per heavy atom. The number of carbonyl (C=O) groups is 1. The van der Waals surface area contributed by atoms with Crippen molar-refractivity contribution < 1.29 is 9.53 Å². The number of fused-ring (bicyclic) bond motifs is 2. The van der Waals surface area contributed by atoms with Crippen LogP contribution < -0.4 is 5.32 Å². The van der Waals surface area contributed by atoms with Crippen molar-refractivity contribution in [3.05, 3.63) is 70.0 Å². The van der Waals surface area contributed by atoms with E-state index in [4.69, 9.17) is 9.72 Å². The van der Waals surface area contributed by atoms with Gasteiger partial charge in [-0.3, -0.25) is 4.98 Å². The molecule has 0 saturated carbocycles. The fourth-order valence-electron chi connectivity index (χ4n) is 3.89. The number of piperidine rings is 1. The highest BCUT2D eigenvalue weighted by atomic mass is 16.5. The molecule has 1 saturated heterocycles. The van der Waals surface area contributed by atoms with Gasteiger partial charge in [-0.25, -0.2) is 4.79 Å². The van der Waals surface area contributed by atoms with Crippen molar-refractivity contribution in [2.24, 2.45) is 0 Å². The number of benzene rings is 1. The lowest BCUT2D eigenvalue weighted by atomic mass is 9.88. The van der Waals surface area contributed by atoms with Crippen LogP contribution in [-0.2, 0) is 17.6 Å². The Hall–Kier alpha value is -2.46. The highest BCUT2D eigenvalue weighted by Crippen LogP contribution is 2.37. The molecule has 0 amide bonds. The second-order valence-electron chi connectivity index (χ2n) is 6.60. The number of hydrogen-bond donors (Lipinski definition) is 1. The number of aryl methyl sites for hydroxylation is 2. The van der Waals surface area contributed by atoms with Gasteiger partial charge in [-0.05, 0) is 73.7 Å². The number of hydrogen-bond acceptors (Lipinski definition) is 4. The van der Waals surface area contributed by atoms with Crippen molar-refractivity contribution >= 4 is 11.5 Å². The Bertz CT molecular complexity index is 847. The second kappa shape index (κ2) is 6.81. The Morgan fingerprint density at radius 3 is 2.68 bits per heavy atom. The van der Waals surface area contributed by atoms with Gasteiger partial charge in [-0.1, -0.05) is 17.7 Å². The summed E-state index contributed by atoms with van der Waals surface area (Å²) in [6.07, 6.45) is 5.82. The normalized spacial score (nSPS) is 16.7. The molecule has 2 heterocycles. The number of esters is 1. The van der Waals surface area contributed by atoms with Crippen molar-refractivity contribution in [3.63, 3.8) is 0 Å². The number of rotatable bonds is 1. The molecule has 1 N–H and O–H groups in total. The smallest absolute Gasteiger partial charge is 0.337 e. The van der Waals surface area contributed by atoms with Gasteiger partial charge in [-0.15, -0.1) is 0 Å². The zero-order chi connectivity index (χ0) is 17.2. The van der Waals surface area contributed by atoms with Gasteiger partial charge < -0.3 is 10.1 Å². The minimum Gasteiger partial charge on any atom is -0.465 e. The SMILES string of the molecule is COC(=O)c1ccc2c(c1)CCc1cccnc1C2=C1CCNCC1. The van der Waals surface area contributed by atoms with Gasteiger partial charge in [0.1, 0.15) is 0 Å². The standard InChI is InChI=1S/C21H22N2O2/c1-25-21(24)17-6-7-18-16(13-17)5-4-15-3-2-10-23-20(15)19(18)14-8-11-22-12-9-14/h2-3,6-7,10,13,22H,4-5,8-9,11-12H2,1H3. The van der Waals surface area contributed by atoms with E-state index in [0.29, 0.717) is 5.56 Å². The molecule has 4 heteroatoms. The van der Waals surface area contributed by atoms with Crippen LogP contribution in [0.5, 0.6) is 0 Å². The zero-order valence-electron chi connectivity index (χ0n) is 14.5. The van der Waals surface area contributed by atoms with E-state index in [0.717, 1.165) is 44.5 Å². The van der Waals surface area contributed by atoms with E-state index in [-0.39, 0.29) is 5.97 Å². The monoisotopic (exact) mass is 334 g/mol. The van der Waals surface area contributed by atoms with Crippen LogP contribution in [0, 0.1) is 0 Å². The lowest BCUT2D eigenvalue weighted by molar-refractivity contribution is 0.0600. The van der Waals surface area contributed by atoms with Gasteiger partial charge >= 0.3 is 5.97 Å². The molecule has 4 rings (SSSR count). The van der Waals surface area contributed by atoms with Gasteiger partial charge in [-0.2, -0.15) is 0 Å². The van der Waals surface area contributed by atoms with Crippen LogP contribution in [0.15, 0.2) is 42.1 Å². The Labute approximate surface area is 147 Å². The highest BCUT2D eigenvalue weighted by Gasteiger charge is 2.24. The first-order valence-electron chi connectivity index (χ1n) is 8.86. The van der Waals surface area contributed by atoms with Crippen LogP contribution >= 0.6 is 0 Å². The number of methoxy groups -OCH3 is 1. The molecule has 0 radical (unpaired) electrons. The van der Waals surface area contributed by atoms with E-state index in [9.17, 15) is 4.79 Å². The molecule has 0 unspecified atom stereocenters. The van der Waals surface area contributed by atoms with E-state index < -0.39 is 0 Å². The maximum atomic E-state index is 11.9. The maximum Gasteiger partial charge on any atom is 0.337 e. The molecule has 1 fully saturated rings. The lowest BCUT2D eigenvalue weighted by Crippen LogP contribution is -2.24. The quantitative estimate of drug-likeness (QED) is 0.814. The maximum absolute atomic E-state index is 11.9. The third-order valence-corrected chi connectivity index (χ3v) is 5.15. The van der Waals surface area contributed by atoms with Crippen LogP contribution in [-0.4, -0.2) is 31.2 Å². The second-order valence-corrected chi connectivity index (χ2v) is 6.60. The fourth-order valence-corrected chi connectivity index (χ4v) is 3.89. The summed E-state index contributed by atoms with van der Waals surface area (Å²) in [5.41, 5.74) is 8.20. The third kappa shape index (κ3) is 2.98. The average molecular weight is 334 g/mol. The number of nitrogens with one attached hydrogen (secondary N) is 1. The summed E-state index contributed by atoms with van der Waals surface area (Å²) >= 11 is 0. The molecule has 2 aliphatic rings. The lowest BCUT2D eigenvalue weighted by Gasteiger charge is -2.22. The minimum atomic E-state index is -0.279. The highest BCUT2D eigenvalue weighted by molar-refractivity contribution is 5.92. The molecule has 1 aliphatic carbocycles. The predicted molar refractivity (Wildman–Crippen MR) is 97.6 cm³/mol. The van der Waals surface area contributed by atoms with Crippen molar-refractivity contribution in [2.45, 2.75) is 25.7 Å². The largest absolute Gasteiger partial charge is 0.465 e. The van der Waals surface area contributed by atoms with Crippen LogP contribution in [0.3, 0.4) is 0 Å². The van der Waals surface area contributed by atoms with Gasteiger partial charge in [0, 0.05) is 11.8 Å². The van der Waals surface area contributed by atoms with Crippen LogP contribution in [0.2, 0.25) is 0 Å². The number of pyridine rings is 1. The number of aromatic nitrogens is 1. The summed E-state index contributed by atoms with van der Waals surface area (Å²) in [5, 5.41) is 3.43. The topological polar surface area (TPSA) is 51.2 Å². The fraction of sp³-hybridized carbons (Fsp3) is 0.333. The van der Waals surface area contributed by atoms with E-state index in [1.807, 2.05) is 24.4 Å². The number of carbonyl (C=O) groups excluding carboxylic acids is 1. The van der Waals surface area contributed by atoms with Crippen molar-refractivity contribution in [1.29, 1.82) is 0 Å². The molecule has 25 heavy (non-hydrogen) atoms. The molecular weight excluding hydrogens is 312 g/mol. The van der Waals surface area contributed by atoms with Gasteiger partial charge in [0.05, 0.1) is 18.4 Å². The first-order chi connectivity index (χ1) is 12.3. The summed E-state index contributed by atoms with van der Waals surface area (Å²) in [4.78, 5) is 16.7. The Kier molecular flexibility index (Phi) is 4.36. The molecule has 2 aromatic rings. The minimum absolute atomic E-state index is 0.279. The van der Waals surface area contributed by atoms with Crippen LogP contribution in [0.1, 0.15) is 45.6 Å². The summed E-state index contributed by atoms with van der Waals surface area (Å²) in [7, 11) is 1.43. The predicted octanol–water partition coefficient (Wildman–Crippen LogP) is 3.15. The van der Waals surface area contributed by atoms with Crippen molar-refractivity contribution in [3.8, 4) is 0 Å². The molecule has 0 bridgehead atoms. The van der Waals surface area contributed by atoms with Gasteiger partial charge in [0.25, 0.3) is 0 Å². The van der Waals surface area contributed by atoms with Crippen molar-refractivity contribution in [2.75, 3.05) is 20.2 Å². The first-order valence-corrected chi connectivity index (χ1v) is 8.86. The van der Waals surface area contributed by atoms with E-state index >= 15 is 0 Å². The molecule has 1 aromatic heterocycles. The first kappa shape index (κ1) is 16.0. The number of nitrogens with zero attached hydrogens (tertiary/aromatic N) is 1. The van der Waals surface area contributed by atoms with Crippen LogP contribution in [0.25, 0.3) is 5.57 Å². The van der Waals surface area contributed by atoms with Crippen molar-refractivity contribution in [1.82, 2.24) is 10.3 Å². The molecular formula is C21H22N2O2. The zero-order valence-corrected chi connectivity index (χ0v) is 14.5. The van der Waals surface area contributed by atoms with Crippen LogP contribution in [0.4, 0.5) is 0 Å². The molecule has 0 atom stereocenters. The molecule has 128 valence electrons. The molecule has 4 nitrogen and oxygen atoms in total. The molecule has 1 aromatic carbocycles. The summed E-state index contributed by atoms with van der Waals surface area (Å²) in [6, 6.07) is 10.1. The number of ether oxygens (including phenoxy) is 1. The average Bonchev–Trinajstić information content (AvgIpc) is 2.84. The Morgan fingerprint density at radius 1 is 1.08 bits per heavy atom. The third-order valence-electron chi connectivity index (χ3n) is 5.15. The molecule has 0 spiro atoms. The van der Waals surface area contributed by atoms with E-state index in [1.165, 1.54) is 34.9 Å². The van der Waals surface area contributed by atoms with E-state index in [1.54, 1.807) is 0 Å². The summed E-state index contributed by atoms with van der Waals surface area (Å²) in [6.45, 7) is 2.02.